The van der Waals surface area contributed by atoms with Crippen molar-refractivity contribution in [3.05, 3.63) is 39.8 Å². The maximum atomic E-state index is 12.1. The Hall–Kier alpha value is -2.70. The van der Waals surface area contributed by atoms with E-state index in [0.717, 1.165) is 0 Å². The number of benzene rings is 1. The molecule has 2 rings (SSSR count). The van der Waals surface area contributed by atoms with Crippen LogP contribution in [-0.2, 0) is 20.8 Å². The second-order valence-corrected chi connectivity index (χ2v) is 5.02. The van der Waals surface area contributed by atoms with E-state index in [1.807, 2.05) is 6.92 Å². The lowest BCUT2D eigenvalue weighted by molar-refractivity contribution is -0.149. The molecule has 122 valence electrons. The molecule has 0 fully saturated rings. The molecule has 0 aliphatic rings. The topological polar surface area (TPSA) is 87.5 Å². The average molecular weight is 318 g/mol. The number of hydrogen-bond acceptors (Lipinski definition) is 6. The van der Waals surface area contributed by atoms with Gasteiger partial charge in [-0.25, -0.2) is 14.6 Å². The van der Waals surface area contributed by atoms with E-state index in [9.17, 15) is 14.4 Å². The number of nitrogens with zero attached hydrogens (tertiary/aromatic N) is 2. The van der Waals surface area contributed by atoms with Gasteiger partial charge in [0.1, 0.15) is 5.69 Å². The number of hydrogen-bond donors (Lipinski definition) is 0. The lowest BCUT2D eigenvalue weighted by Crippen LogP contribution is -2.25. The smallest absolute Gasteiger partial charge is 0.346 e. The van der Waals surface area contributed by atoms with Crippen LogP contribution >= 0.6 is 0 Å². The lowest BCUT2D eigenvalue weighted by Gasteiger charge is -2.12. The number of carbonyl (C=O) groups excluding carboxylic acids is 2. The van der Waals surface area contributed by atoms with Gasteiger partial charge >= 0.3 is 11.9 Å². The molecule has 23 heavy (non-hydrogen) atoms. The highest BCUT2D eigenvalue weighted by molar-refractivity contribution is 5.94. The minimum absolute atomic E-state index is 0.158. The van der Waals surface area contributed by atoms with Gasteiger partial charge in [0.15, 0.2) is 6.10 Å². The molecular weight excluding hydrogens is 300 g/mol. The first-order valence-electron chi connectivity index (χ1n) is 7.19. The third-order valence-electron chi connectivity index (χ3n) is 3.48. The van der Waals surface area contributed by atoms with E-state index < -0.39 is 18.0 Å². The number of esters is 2. The van der Waals surface area contributed by atoms with Crippen LogP contribution in [-0.4, -0.2) is 34.7 Å². The van der Waals surface area contributed by atoms with Crippen molar-refractivity contribution in [1.82, 2.24) is 9.55 Å². The van der Waals surface area contributed by atoms with Crippen molar-refractivity contribution in [3.63, 3.8) is 0 Å². The third kappa shape index (κ3) is 3.23. The molecule has 0 N–H and O–H groups in total. The summed E-state index contributed by atoms with van der Waals surface area (Å²) < 4.78 is 11.1. The first-order valence-corrected chi connectivity index (χ1v) is 7.19. The molecule has 7 nitrogen and oxygen atoms in total. The van der Waals surface area contributed by atoms with Crippen LogP contribution < -0.4 is 5.56 Å². The van der Waals surface area contributed by atoms with E-state index in [0.29, 0.717) is 23.3 Å². The van der Waals surface area contributed by atoms with Crippen LogP contribution in [0.15, 0.2) is 23.0 Å². The Morgan fingerprint density at radius 2 is 2.04 bits per heavy atom. The van der Waals surface area contributed by atoms with Crippen molar-refractivity contribution in [2.24, 2.45) is 0 Å². The molecule has 1 atom stereocenters. The Morgan fingerprint density at radius 3 is 2.65 bits per heavy atom. The normalized spacial score (nSPS) is 12.0. The van der Waals surface area contributed by atoms with Crippen LogP contribution in [0.25, 0.3) is 11.0 Å². The molecule has 0 spiro atoms. The fraction of sp³-hybridized carbons (Fsp3) is 0.375. The minimum atomic E-state index is -0.998. The zero-order chi connectivity index (χ0) is 17.1. The van der Waals surface area contributed by atoms with Crippen LogP contribution in [0.1, 0.15) is 29.9 Å². The Morgan fingerprint density at radius 1 is 1.35 bits per heavy atom. The van der Waals surface area contributed by atoms with E-state index in [-0.39, 0.29) is 11.1 Å². The summed E-state index contributed by atoms with van der Waals surface area (Å²) in [4.78, 5) is 39.7. The van der Waals surface area contributed by atoms with Crippen LogP contribution in [0, 0.1) is 6.92 Å². The molecule has 0 aliphatic carbocycles. The monoisotopic (exact) mass is 318 g/mol. The summed E-state index contributed by atoms with van der Waals surface area (Å²) in [5.74, 6) is -1.29. The molecule has 0 radical (unpaired) electrons. The maximum Gasteiger partial charge on any atom is 0.346 e. The quantitative estimate of drug-likeness (QED) is 0.793. The number of rotatable bonds is 4. The van der Waals surface area contributed by atoms with Crippen molar-refractivity contribution >= 4 is 23.0 Å². The van der Waals surface area contributed by atoms with E-state index in [4.69, 9.17) is 4.74 Å². The highest BCUT2D eigenvalue weighted by Gasteiger charge is 2.20. The first-order chi connectivity index (χ1) is 10.9. The van der Waals surface area contributed by atoms with Gasteiger partial charge in [0, 0.05) is 6.54 Å². The van der Waals surface area contributed by atoms with Gasteiger partial charge in [0.25, 0.3) is 5.56 Å². The first kappa shape index (κ1) is 16.7. The number of aromatic nitrogens is 2. The third-order valence-corrected chi connectivity index (χ3v) is 3.48. The van der Waals surface area contributed by atoms with Gasteiger partial charge < -0.3 is 14.0 Å². The van der Waals surface area contributed by atoms with Gasteiger partial charge in [0.05, 0.1) is 23.7 Å². The van der Waals surface area contributed by atoms with Crippen LogP contribution in [0.4, 0.5) is 0 Å². The average Bonchev–Trinajstić information content (AvgIpc) is 2.54. The summed E-state index contributed by atoms with van der Waals surface area (Å²) in [7, 11) is 1.22. The summed E-state index contributed by atoms with van der Waals surface area (Å²) in [6.07, 6.45) is -0.998. The summed E-state index contributed by atoms with van der Waals surface area (Å²) in [5.41, 5.74) is 1.61. The number of carbonyl (C=O) groups is 2. The van der Waals surface area contributed by atoms with Crippen LogP contribution in [0.5, 0.6) is 0 Å². The van der Waals surface area contributed by atoms with Gasteiger partial charge in [0.2, 0.25) is 0 Å². The standard InChI is InChI=1S/C16H18N2O5/c1-5-18-13-7-6-11(8-12(13)17-9(2)14(18)19)16(21)23-10(3)15(20)22-4/h6-8,10H,5H2,1-4H3/t10-/m1/s1. The van der Waals surface area contributed by atoms with Gasteiger partial charge in [-0.15, -0.1) is 0 Å². The molecule has 1 aromatic carbocycles. The van der Waals surface area contributed by atoms with E-state index in [1.165, 1.54) is 20.1 Å². The molecule has 1 heterocycles. The molecule has 2 aromatic rings. The molecule has 0 saturated carbocycles. The van der Waals surface area contributed by atoms with Gasteiger partial charge in [-0.3, -0.25) is 4.79 Å². The molecule has 1 aromatic heterocycles. The number of aryl methyl sites for hydroxylation is 2. The Balaban J connectivity index is 2.41. The Bertz CT molecular complexity index is 825. The predicted molar refractivity (Wildman–Crippen MR) is 83.3 cm³/mol. The van der Waals surface area contributed by atoms with E-state index in [1.54, 1.807) is 23.6 Å². The van der Waals surface area contributed by atoms with Crippen LogP contribution in [0.3, 0.4) is 0 Å². The maximum absolute atomic E-state index is 12.1. The Labute approximate surface area is 132 Å². The van der Waals surface area contributed by atoms with E-state index in [2.05, 4.69) is 9.72 Å². The summed E-state index contributed by atoms with van der Waals surface area (Å²) in [6.45, 7) is 5.42. The summed E-state index contributed by atoms with van der Waals surface area (Å²) in [5, 5.41) is 0. The van der Waals surface area contributed by atoms with Crippen molar-refractivity contribution in [2.45, 2.75) is 33.4 Å². The second kappa shape index (κ2) is 6.60. The molecule has 0 amide bonds. The highest BCUT2D eigenvalue weighted by atomic mass is 16.6. The molecular formula is C16H18N2O5. The number of fused-ring (bicyclic) bond motifs is 1. The summed E-state index contributed by atoms with van der Waals surface area (Å²) >= 11 is 0. The van der Waals surface area contributed by atoms with Crippen molar-refractivity contribution < 1.29 is 19.1 Å². The van der Waals surface area contributed by atoms with Gasteiger partial charge in [-0.05, 0) is 39.0 Å². The van der Waals surface area contributed by atoms with Gasteiger partial charge in [-0.1, -0.05) is 0 Å². The highest BCUT2D eigenvalue weighted by Crippen LogP contribution is 2.15. The lowest BCUT2D eigenvalue weighted by atomic mass is 10.2. The second-order valence-electron chi connectivity index (χ2n) is 5.02. The Kier molecular flexibility index (Phi) is 4.78. The molecule has 0 saturated heterocycles. The molecule has 7 heteroatoms. The minimum Gasteiger partial charge on any atom is -0.466 e. The number of methoxy groups -OCH3 is 1. The number of ether oxygens (including phenoxy) is 2. The fourth-order valence-electron chi connectivity index (χ4n) is 2.26. The SMILES string of the molecule is CCn1c(=O)c(C)nc2cc(C(=O)O[C@H](C)C(=O)OC)ccc21. The van der Waals surface area contributed by atoms with Crippen molar-refractivity contribution in [3.8, 4) is 0 Å². The van der Waals surface area contributed by atoms with Crippen LogP contribution in [0.2, 0.25) is 0 Å². The summed E-state index contributed by atoms with van der Waals surface area (Å²) in [6, 6.07) is 4.73. The van der Waals surface area contributed by atoms with Crippen molar-refractivity contribution in [1.29, 1.82) is 0 Å². The molecule has 0 bridgehead atoms. The largest absolute Gasteiger partial charge is 0.466 e. The molecule has 0 unspecified atom stereocenters. The predicted octanol–water partition coefficient (Wildman–Crippen LogP) is 1.44. The van der Waals surface area contributed by atoms with Gasteiger partial charge in [-0.2, -0.15) is 0 Å². The fourth-order valence-corrected chi connectivity index (χ4v) is 2.26. The zero-order valence-corrected chi connectivity index (χ0v) is 13.5. The molecule has 0 aliphatic heterocycles. The van der Waals surface area contributed by atoms with Crippen molar-refractivity contribution in [2.75, 3.05) is 7.11 Å². The zero-order valence-electron chi connectivity index (χ0n) is 13.5. The van der Waals surface area contributed by atoms with E-state index >= 15 is 0 Å².